The first-order valence-electron chi connectivity index (χ1n) is 7.75. The molecule has 2 N–H and O–H groups in total. The summed E-state index contributed by atoms with van der Waals surface area (Å²) in [7, 11) is 0. The number of amides is 1. The Morgan fingerprint density at radius 3 is 2.30 bits per heavy atom. The first-order chi connectivity index (χ1) is 13.0. The third kappa shape index (κ3) is 4.72. The number of halogens is 3. The normalized spacial score (nSPS) is 10.3. The molecule has 3 rings (SSSR count). The number of hydrogen-bond acceptors (Lipinski definition) is 5. The lowest BCUT2D eigenvalue weighted by Crippen LogP contribution is -2.21. The number of carbonyl (C=O) groups excluding carboxylic acids is 1. The Labute approximate surface area is 152 Å². The Morgan fingerprint density at radius 1 is 0.889 bits per heavy atom. The summed E-state index contributed by atoms with van der Waals surface area (Å²) in [6.45, 7) is -0.217. The van der Waals surface area contributed by atoms with Crippen molar-refractivity contribution < 1.29 is 22.7 Å². The average molecular weight is 374 g/mol. The molecule has 6 nitrogen and oxygen atoms in total. The number of aromatic nitrogens is 2. The van der Waals surface area contributed by atoms with Gasteiger partial charge in [-0.25, -0.2) is 13.2 Å². The summed E-state index contributed by atoms with van der Waals surface area (Å²) in [5.74, 6) is -3.92. The van der Waals surface area contributed by atoms with Gasteiger partial charge in [-0.05, 0) is 36.4 Å². The van der Waals surface area contributed by atoms with Crippen molar-refractivity contribution in [2.75, 3.05) is 17.2 Å². The lowest BCUT2D eigenvalue weighted by atomic mass is 10.3. The molecule has 0 bridgehead atoms. The minimum Gasteiger partial charge on any atom is -0.484 e. The molecule has 0 aliphatic rings. The maximum Gasteiger partial charge on any atom is 0.263 e. The summed E-state index contributed by atoms with van der Waals surface area (Å²) in [6, 6.07) is 13.4. The average Bonchev–Trinajstić information content (AvgIpc) is 2.69. The van der Waals surface area contributed by atoms with Gasteiger partial charge in [0, 0.05) is 0 Å². The van der Waals surface area contributed by atoms with Gasteiger partial charge >= 0.3 is 0 Å². The van der Waals surface area contributed by atoms with E-state index in [4.69, 9.17) is 4.74 Å². The first kappa shape index (κ1) is 18.2. The predicted molar refractivity (Wildman–Crippen MR) is 92.2 cm³/mol. The fourth-order valence-corrected chi connectivity index (χ4v) is 2.07. The quantitative estimate of drug-likeness (QED) is 0.644. The van der Waals surface area contributed by atoms with Crippen LogP contribution in [0.2, 0.25) is 0 Å². The number of anilines is 3. The van der Waals surface area contributed by atoms with Crippen molar-refractivity contribution in [2.45, 2.75) is 0 Å². The second-order valence-corrected chi connectivity index (χ2v) is 5.30. The van der Waals surface area contributed by atoms with Crippen molar-refractivity contribution in [3.63, 3.8) is 0 Å². The van der Waals surface area contributed by atoms with E-state index in [1.54, 1.807) is 24.3 Å². The molecule has 0 saturated heterocycles. The molecule has 0 unspecified atom stereocenters. The molecule has 0 spiro atoms. The van der Waals surface area contributed by atoms with Crippen molar-refractivity contribution in [3.05, 3.63) is 72.0 Å². The van der Waals surface area contributed by atoms with Crippen LogP contribution in [0.15, 0.2) is 54.6 Å². The van der Waals surface area contributed by atoms with E-state index in [0.29, 0.717) is 5.75 Å². The Bertz CT molecular complexity index is 937. The Morgan fingerprint density at radius 2 is 1.59 bits per heavy atom. The van der Waals surface area contributed by atoms with E-state index >= 15 is 0 Å². The molecule has 0 aliphatic heterocycles. The molecule has 3 aromatic rings. The van der Waals surface area contributed by atoms with Gasteiger partial charge in [-0.3, -0.25) is 4.79 Å². The highest BCUT2D eigenvalue weighted by atomic mass is 19.2. The number of carbonyl (C=O) groups is 1. The van der Waals surface area contributed by atoms with Crippen molar-refractivity contribution >= 4 is 23.2 Å². The van der Waals surface area contributed by atoms with Gasteiger partial charge in [0.15, 0.2) is 35.7 Å². The summed E-state index contributed by atoms with van der Waals surface area (Å²) in [6.07, 6.45) is 0. The zero-order valence-corrected chi connectivity index (χ0v) is 13.7. The molecule has 1 aromatic heterocycles. The molecule has 9 heteroatoms. The van der Waals surface area contributed by atoms with Gasteiger partial charge in [0.2, 0.25) is 0 Å². The zero-order chi connectivity index (χ0) is 19.2. The molecule has 2 aromatic carbocycles. The lowest BCUT2D eigenvalue weighted by molar-refractivity contribution is -0.118. The topological polar surface area (TPSA) is 76.1 Å². The molecular formula is C18H13F3N4O2. The Kier molecular flexibility index (Phi) is 5.50. The molecule has 0 fully saturated rings. The number of rotatable bonds is 6. The van der Waals surface area contributed by atoms with Crippen LogP contribution in [0.3, 0.4) is 0 Å². The van der Waals surface area contributed by atoms with Gasteiger partial charge in [0.05, 0.1) is 5.69 Å². The third-order valence-corrected chi connectivity index (χ3v) is 3.34. The molecule has 1 amide bonds. The fraction of sp³-hybridized carbons (Fsp3) is 0.0556. The van der Waals surface area contributed by atoms with Gasteiger partial charge in [-0.1, -0.05) is 18.2 Å². The molecule has 0 radical (unpaired) electrons. The van der Waals surface area contributed by atoms with E-state index in [-0.39, 0.29) is 23.9 Å². The van der Waals surface area contributed by atoms with Crippen LogP contribution in [0.5, 0.6) is 5.75 Å². The maximum atomic E-state index is 13.6. The van der Waals surface area contributed by atoms with Gasteiger partial charge in [-0.15, -0.1) is 10.2 Å². The van der Waals surface area contributed by atoms with Crippen LogP contribution in [0.4, 0.5) is 30.5 Å². The molecule has 0 aliphatic carbocycles. The monoisotopic (exact) mass is 374 g/mol. The van der Waals surface area contributed by atoms with Crippen molar-refractivity contribution in [1.82, 2.24) is 10.2 Å². The van der Waals surface area contributed by atoms with Crippen LogP contribution in [0.1, 0.15) is 0 Å². The van der Waals surface area contributed by atoms with E-state index in [9.17, 15) is 18.0 Å². The Hall–Kier alpha value is -3.62. The van der Waals surface area contributed by atoms with Crippen LogP contribution < -0.4 is 15.4 Å². The number of nitrogens with one attached hydrogen (secondary N) is 2. The number of ether oxygens (including phenoxy) is 1. The summed E-state index contributed by atoms with van der Waals surface area (Å²) >= 11 is 0. The minimum atomic E-state index is -1.59. The van der Waals surface area contributed by atoms with Crippen LogP contribution in [-0.4, -0.2) is 22.7 Å². The largest absolute Gasteiger partial charge is 0.484 e. The van der Waals surface area contributed by atoms with Crippen LogP contribution in [-0.2, 0) is 4.79 Å². The van der Waals surface area contributed by atoms with E-state index in [0.717, 1.165) is 12.1 Å². The second kappa shape index (κ2) is 8.17. The van der Waals surface area contributed by atoms with E-state index in [1.165, 1.54) is 12.1 Å². The standard InChI is InChI=1S/C18H13F3N4O2/c19-12-6-7-13(18(21)17(12)20)22-14-8-9-15(25-24-14)23-16(26)10-27-11-4-2-1-3-5-11/h1-9H,10H2,(H,22,24)(H,23,25,26). The number of nitrogens with zero attached hydrogens (tertiary/aromatic N) is 2. The molecule has 138 valence electrons. The van der Waals surface area contributed by atoms with E-state index in [2.05, 4.69) is 20.8 Å². The SMILES string of the molecule is O=C(COc1ccccc1)Nc1ccc(Nc2ccc(F)c(F)c2F)nn1. The van der Waals surface area contributed by atoms with Crippen molar-refractivity contribution in [1.29, 1.82) is 0 Å². The molecule has 1 heterocycles. The molecule has 0 atom stereocenters. The second-order valence-electron chi connectivity index (χ2n) is 5.30. The van der Waals surface area contributed by atoms with Gasteiger partial charge in [0.1, 0.15) is 5.75 Å². The zero-order valence-electron chi connectivity index (χ0n) is 13.7. The number of hydrogen-bond donors (Lipinski definition) is 2. The first-order valence-corrected chi connectivity index (χ1v) is 7.75. The van der Waals surface area contributed by atoms with Crippen molar-refractivity contribution in [2.24, 2.45) is 0 Å². The summed E-state index contributed by atoms with van der Waals surface area (Å²) < 4.78 is 45.1. The third-order valence-electron chi connectivity index (χ3n) is 3.34. The van der Waals surface area contributed by atoms with Gasteiger partial charge < -0.3 is 15.4 Å². The van der Waals surface area contributed by atoms with Crippen molar-refractivity contribution in [3.8, 4) is 5.75 Å². The van der Waals surface area contributed by atoms with E-state index in [1.807, 2.05) is 6.07 Å². The predicted octanol–water partition coefficient (Wildman–Crippen LogP) is 3.66. The molecule has 27 heavy (non-hydrogen) atoms. The summed E-state index contributed by atoms with van der Waals surface area (Å²) in [5.41, 5.74) is -0.295. The molecule has 0 saturated carbocycles. The molecular weight excluding hydrogens is 361 g/mol. The smallest absolute Gasteiger partial charge is 0.263 e. The van der Waals surface area contributed by atoms with Crippen LogP contribution >= 0.6 is 0 Å². The van der Waals surface area contributed by atoms with Gasteiger partial charge in [-0.2, -0.15) is 0 Å². The highest BCUT2D eigenvalue weighted by Crippen LogP contribution is 2.22. The fourth-order valence-electron chi connectivity index (χ4n) is 2.07. The minimum absolute atomic E-state index is 0.0819. The number of para-hydroxylation sites is 1. The van der Waals surface area contributed by atoms with Gasteiger partial charge in [0.25, 0.3) is 5.91 Å². The van der Waals surface area contributed by atoms with E-state index < -0.39 is 23.4 Å². The lowest BCUT2D eigenvalue weighted by Gasteiger charge is -2.09. The summed E-state index contributed by atoms with van der Waals surface area (Å²) in [5, 5.41) is 12.4. The highest BCUT2D eigenvalue weighted by Gasteiger charge is 2.14. The summed E-state index contributed by atoms with van der Waals surface area (Å²) in [4.78, 5) is 11.8. The number of benzene rings is 2. The van der Waals surface area contributed by atoms with Crippen LogP contribution in [0.25, 0.3) is 0 Å². The highest BCUT2D eigenvalue weighted by molar-refractivity contribution is 5.90. The van der Waals surface area contributed by atoms with Crippen LogP contribution in [0, 0.1) is 17.5 Å². The maximum absolute atomic E-state index is 13.6. The Balaban J connectivity index is 1.57.